The van der Waals surface area contributed by atoms with Crippen LogP contribution in [0.25, 0.3) is 0 Å². The van der Waals surface area contributed by atoms with Gasteiger partial charge in [0.15, 0.2) is 0 Å². The molecule has 4 N–H and O–H groups in total. The maximum atomic E-state index is 12.1. The highest BCUT2D eigenvalue weighted by molar-refractivity contribution is 8.01. The number of thioether (sulfide) groups is 1. The van der Waals surface area contributed by atoms with Gasteiger partial charge in [0.2, 0.25) is 5.91 Å². The number of anilines is 2. The molecule has 1 aromatic rings. The Bertz CT molecular complexity index is 506. The summed E-state index contributed by atoms with van der Waals surface area (Å²) in [5, 5.41) is 2.66. The summed E-state index contributed by atoms with van der Waals surface area (Å²) < 4.78 is 0. The normalized spacial score (nSPS) is 18.3. The van der Waals surface area contributed by atoms with E-state index in [-0.39, 0.29) is 11.2 Å². The number of nitrogens with two attached hydrogens (primary N) is 1. The van der Waals surface area contributed by atoms with Crippen molar-refractivity contribution in [3.8, 4) is 0 Å². The van der Waals surface area contributed by atoms with E-state index in [0.717, 1.165) is 15.5 Å². The molecule has 3 amide bonds. The van der Waals surface area contributed by atoms with E-state index in [1.165, 1.54) is 11.8 Å². The highest BCUT2D eigenvalue weighted by atomic mass is 32.2. The molecule has 0 aliphatic carbocycles. The van der Waals surface area contributed by atoms with Gasteiger partial charge >= 0.3 is 6.03 Å². The average molecular weight is 266 g/mol. The average Bonchev–Trinajstić information content (AvgIpc) is 2.39. The lowest BCUT2D eigenvalue weighted by Gasteiger charge is -2.30. The van der Waals surface area contributed by atoms with Gasteiger partial charge in [0.25, 0.3) is 0 Å². The van der Waals surface area contributed by atoms with Gasteiger partial charge in [-0.3, -0.25) is 10.2 Å². The zero-order chi connectivity index (χ0) is 13.3. The van der Waals surface area contributed by atoms with Crippen molar-refractivity contribution >= 4 is 35.1 Å². The van der Waals surface area contributed by atoms with Crippen LogP contribution >= 0.6 is 11.8 Å². The molecule has 0 saturated heterocycles. The fourth-order valence-corrected chi connectivity index (χ4v) is 2.77. The van der Waals surface area contributed by atoms with Crippen molar-refractivity contribution in [1.82, 2.24) is 5.43 Å². The SMILES string of the molecule is CNc1ccc2c(c1)N(C(=O)NN)C(=O)C(C)S2. The van der Waals surface area contributed by atoms with Crippen molar-refractivity contribution in [3.63, 3.8) is 0 Å². The van der Waals surface area contributed by atoms with Crippen LogP contribution in [-0.4, -0.2) is 24.2 Å². The van der Waals surface area contributed by atoms with Crippen LogP contribution in [0.5, 0.6) is 0 Å². The second-order valence-electron chi connectivity index (χ2n) is 3.82. The number of nitrogens with one attached hydrogen (secondary N) is 2. The summed E-state index contributed by atoms with van der Waals surface area (Å²) in [5.41, 5.74) is 3.38. The van der Waals surface area contributed by atoms with Gasteiger partial charge in [-0.25, -0.2) is 15.5 Å². The minimum Gasteiger partial charge on any atom is -0.388 e. The van der Waals surface area contributed by atoms with Crippen LogP contribution < -0.4 is 21.5 Å². The topological polar surface area (TPSA) is 87.5 Å². The van der Waals surface area contributed by atoms with Gasteiger partial charge in [-0.05, 0) is 25.1 Å². The summed E-state index contributed by atoms with van der Waals surface area (Å²) in [7, 11) is 1.77. The van der Waals surface area contributed by atoms with Crippen LogP contribution in [-0.2, 0) is 4.79 Å². The Morgan fingerprint density at radius 2 is 2.22 bits per heavy atom. The van der Waals surface area contributed by atoms with Gasteiger partial charge in [0.05, 0.1) is 10.9 Å². The molecule has 0 bridgehead atoms. The monoisotopic (exact) mass is 266 g/mol. The molecule has 6 nitrogen and oxygen atoms in total. The molecule has 0 radical (unpaired) electrons. The lowest BCUT2D eigenvalue weighted by molar-refractivity contribution is -0.117. The highest BCUT2D eigenvalue weighted by Gasteiger charge is 2.34. The summed E-state index contributed by atoms with van der Waals surface area (Å²) in [6.45, 7) is 1.76. The van der Waals surface area contributed by atoms with E-state index >= 15 is 0 Å². The van der Waals surface area contributed by atoms with Gasteiger partial charge in [0, 0.05) is 17.6 Å². The van der Waals surface area contributed by atoms with E-state index in [2.05, 4.69) is 5.32 Å². The van der Waals surface area contributed by atoms with E-state index in [1.807, 2.05) is 17.6 Å². The Balaban J connectivity index is 2.53. The largest absolute Gasteiger partial charge is 0.388 e. The van der Waals surface area contributed by atoms with E-state index in [0.29, 0.717) is 5.69 Å². The predicted molar refractivity (Wildman–Crippen MR) is 71.5 cm³/mol. The lowest BCUT2D eigenvalue weighted by Crippen LogP contribution is -2.50. The molecular weight excluding hydrogens is 252 g/mol. The maximum Gasteiger partial charge on any atom is 0.342 e. The minimum absolute atomic E-state index is 0.274. The van der Waals surface area contributed by atoms with Crippen molar-refractivity contribution in [1.29, 1.82) is 0 Å². The molecule has 1 aliphatic rings. The highest BCUT2D eigenvalue weighted by Crippen LogP contribution is 2.40. The molecule has 18 heavy (non-hydrogen) atoms. The first-order valence-corrected chi connectivity index (χ1v) is 6.29. The van der Waals surface area contributed by atoms with E-state index in [4.69, 9.17) is 5.84 Å². The van der Waals surface area contributed by atoms with Crippen molar-refractivity contribution in [3.05, 3.63) is 18.2 Å². The van der Waals surface area contributed by atoms with Crippen LogP contribution in [0.2, 0.25) is 0 Å². The van der Waals surface area contributed by atoms with Crippen LogP contribution in [0, 0.1) is 0 Å². The summed E-state index contributed by atoms with van der Waals surface area (Å²) in [6, 6.07) is 4.90. The number of urea groups is 1. The third kappa shape index (κ3) is 2.02. The van der Waals surface area contributed by atoms with Crippen molar-refractivity contribution in [2.24, 2.45) is 5.84 Å². The number of fused-ring (bicyclic) bond motifs is 1. The van der Waals surface area contributed by atoms with E-state index < -0.39 is 6.03 Å². The van der Waals surface area contributed by atoms with Crippen LogP contribution in [0.3, 0.4) is 0 Å². The van der Waals surface area contributed by atoms with Crippen molar-refractivity contribution in [2.45, 2.75) is 17.1 Å². The molecule has 1 atom stereocenters. The van der Waals surface area contributed by atoms with Gasteiger partial charge in [0.1, 0.15) is 0 Å². The summed E-state index contributed by atoms with van der Waals surface area (Å²) in [4.78, 5) is 25.7. The fraction of sp³-hybridized carbons (Fsp3) is 0.273. The van der Waals surface area contributed by atoms with Crippen molar-refractivity contribution < 1.29 is 9.59 Å². The van der Waals surface area contributed by atoms with Crippen LogP contribution in [0.1, 0.15) is 6.92 Å². The van der Waals surface area contributed by atoms with Gasteiger partial charge in [-0.2, -0.15) is 0 Å². The number of imide groups is 1. The molecule has 1 heterocycles. The predicted octanol–water partition coefficient (Wildman–Crippen LogP) is 1.14. The van der Waals surface area contributed by atoms with E-state index in [9.17, 15) is 9.59 Å². The third-order valence-electron chi connectivity index (χ3n) is 2.69. The molecule has 0 fully saturated rings. The Hall–Kier alpha value is -1.73. The Morgan fingerprint density at radius 3 is 2.83 bits per heavy atom. The number of hydrogen-bond acceptors (Lipinski definition) is 5. The lowest BCUT2D eigenvalue weighted by atomic mass is 10.2. The summed E-state index contributed by atoms with van der Waals surface area (Å²) >= 11 is 1.43. The molecule has 0 spiro atoms. The zero-order valence-corrected chi connectivity index (χ0v) is 10.9. The fourth-order valence-electron chi connectivity index (χ4n) is 1.76. The second-order valence-corrected chi connectivity index (χ2v) is 5.20. The summed E-state index contributed by atoms with van der Waals surface area (Å²) in [6.07, 6.45) is 0. The zero-order valence-electron chi connectivity index (χ0n) is 10.1. The number of benzene rings is 1. The number of hydrogen-bond donors (Lipinski definition) is 3. The second kappa shape index (κ2) is 4.87. The molecular formula is C11H14N4O2S. The smallest absolute Gasteiger partial charge is 0.342 e. The van der Waals surface area contributed by atoms with Crippen molar-refractivity contribution in [2.75, 3.05) is 17.3 Å². The Morgan fingerprint density at radius 1 is 1.50 bits per heavy atom. The van der Waals surface area contributed by atoms with Gasteiger partial charge in [-0.15, -0.1) is 11.8 Å². The Kier molecular flexibility index (Phi) is 3.44. The number of carbonyl (C=O) groups excluding carboxylic acids is 2. The van der Waals surface area contributed by atoms with Crippen LogP contribution in [0.15, 0.2) is 23.1 Å². The standard InChI is InChI=1S/C11H14N4O2S/c1-6-10(16)15(11(17)14-12)8-5-7(13-2)3-4-9(8)18-6/h3-6,13H,12H2,1-2H3,(H,14,17). The number of rotatable bonds is 1. The first-order chi connectivity index (χ1) is 8.58. The summed E-state index contributed by atoms with van der Waals surface area (Å²) in [5.74, 6) is 4.85. The molecule has 1 aromatic carbocycles. The molecule has 0 saturated carbocycles. The van der Waals surface area contributed by atoms with Crippen LogP contribution in [0.4, 0.5) is 16.2 Å². The maximum absolute atomic E-state index is 12.1. The third-order valence-corrected chi connectivity index (χ3v) is 3.84. The molecule has 1 unspecified atom stereocenters. The number of hydrazine groups is 1. The molecule has 7 heteroatoms. The first-order valence-electron chi connectivity index (χ1n) is 5.41. The minimum atomic E-state index is -0.623. The first kappa shape index (κ1) is 12.7. The molecule has 96 valence electrons. The van der Waals surface area contributed by atoms with Gasteiger partial charge in [-0.1, -0.05) is 0 Å². The van der Waals surface area contributed by atoms with E-state index in [1.54, 1.807) is 20.0 Å². The quantitative estimate of drug-likeness (QED) is 0.403. The number of nitrogens with zero attached hydrogens (tertiary/aromatic N) is 1. The molecule has 0 aromatic heterocycles. The Labute approximate surface area is 109 Å². The molecule has 2 rings (SSSR count). The molecule has 1 aliphatic heterocycles. The number of carbonyl (C=O) groups is 2. The number of amides is 3. The van der Waals surface area contributed by atoms with Gasteiger partial charge < -0.3 is 5.32 Å².